The molecule has 0 spiro atoms. The zero-order valence-corrected chi connectivity index (χ0v) is 16.6. The first-order chi connectivity index (χ1) is 12.2. The van der Waals surface area contributed by atoms with Crippen LogP contribution in [0, 0.1) is 5.41 Å². The number of halogens is 1. The van der Waals surface area contributed by atoms with Crippen molar-refractivity contribution in [2.75, 3.05) is 5.75 Å². The third-order valence-electron chi connectivity index (χ3n) is 3.96. The molecule has 0 aliphatic carbocycles. The number of nitrogens with one attached hydrogen (secondary N) is 1. The molecule has 27 heavy (non-hydrogen) atoms. The molecule has 2 aromatic carbocycles. The molecule has 1 amide bonds. The van der Waals surface area contributed by atoms with E-state index in [4.69, 9.17) is 15.7 Å². The summed E-state index contributed by atoms with van der Waals surface area (Å²) in [6.07, 6.45) is 0. The molecule has 0 aromatic heterocycles. The largest absolute Gasteiger partial charge is 0.457 e. The fourth-order valence-electron chi connectivity index (χ4n) is 2.43. The molecule has 1 atom stereocenters. The van der Waals surface area contributed by atoms with E-state index in [0.717, 1.165) is 0 Å². The molecule has 0 aliphatic rings. The minimum absolute atomic E-state index is 0. The summed E-state index contributed by atoms with van der Waals surface area (Å²) >= 11 is 0. The summed E-state index contributed by atoms with van der Waals surface area (Å²) in [7, 11) is -3.69. The minimum Gasteiger partial charge on any atom is -0.457 e. The highest BCUT2D eigenvalue weighted by atomic mass is 35.5. The van der Waals surface area contributed by atoms with Crippen LogP contribution in [-0.4, -0.2) is 31.3 Å². The van der Waals surface area contributed by atoms with E-state index < -0.39 is 27.2 Å². The zero-order chi connectivity index (χ0) is 19.4. The third-order valence-corrected chi connectivity index (χ3v) is 6.07. The summed E-state index contributed by atoms with van der Waals surface area (Å²) in [5.74, 6) is -0.0409. The van der Waals surface area contributed by atoms with Crippen molar-refractivity contribution in [1.29, 1.82) is 0 Å². The maximum atomic E-state index is 12.6. The molecule has 4 N–H and O–H groups in total. The van der Waals surface area contributed by atoms with Crippen molar-refractivity contribution in [3.05, 3.63) is 54.6 Å². The Morgan fingerprint density at radius 1 is 1.11 bits per heavy atom. The van der Waals surface area contributed by atoms with Crippen LogP contribution in [0.4, 0.5) is 0 Å². The predicted octanol–water partition coefficient (Wildman–Crippen LogP) is 2.53. The number of rotatable bonds is 7. The molecule has 0 saturated heterocycles. The van der Waals surface area contributed by atoms with Crippen LogP contribution in [-0.2, 0) is 14.6 Å². The van der Waals surface area contributed by atoms with E-state index in [2.05, 4.69) is 0 Å². The number of carbonyl (C=O) groups is 1. The van der Waals surface area contributed by atoms with Gasteiger partial charge in [0.1, 0.15) is 11.5 Å². The maximum absolute atomic E-state index is 12.6. The predicted molar refractivity (Wildman–Crippen MR) is 104 cm³/mol. The van der Waals surface area contributed by atoms with E-state index in [1.165, 1.54) is 17.6 Å². The average Bonchev–Trinajstić information content (AvgIpc) is 2.61. The third kappa shape index (κ3) is 5.93. The molecule has 9 heteroatoms. The molecule has 0 fully saturated rings. The minimum atomic E-state index is -3.69. The average molecular weight is 415 g/mol. The molecule has 0 saturated carbocycles. The Morgan fingerprint density at radius 3 is 2.15 bits per heavy atom. The fraction of sp³-hybridized carbons (Fsp3) is 0.278. The van der Waals surface area contributed by atoms with E-state index in [1.54, 1.807) is 38.1 Å². The molecule has 0 unspecified atom stereocenters. The number of ether oxygens (including phenoxy) is 1. The van der Waals surface area contributed by atoms with Crippen molar-refractivity contribution in [2.24, 2.45) is 11.1 Å². The number of para-hydroxylation sites is 1. The molecule has 148 valence electrons. The zero-order valence-electron chi connectivity index (χ0n) is 15.0. The molecule has 7 nitrogen and oxygen atoms in total. The van der Waals surface area contributed by atoms with Crippen molar-refractivity contribution in [2.45, 2.75) is 24.8 Å². The van der Waals surface area contributed by atoms with Crippen LogP contribution >= 0.6 is 12.4 Å². The Bertz CT molecular complexity index is 855. The Balaban J connectivity index is 0.00000364. The van der Waals surface area contributed by atoms with Gasteiger partial charge < -0.3 is 10.5 Å². The van der Waals surface area contributed by atoms with Gasteiger partial charge in [-0.2, -0.15) is 0 Å². The van der Waals surface area contributed by atoms with Crippen molar-refractivity contribution in [1.82, 2.24) is 5.48 Å². The number of hydrogen-bond donors (Lipinski definition) is 3. The SMILES string of the molecule is CC(C)(CS(=O)(=O)c1ccc(Oc2ccccc2)cc1)[C@H](N)C(=O)NO.Cl. The molecule has 0 heterocycles. The first-order valence-corrected chi connectivity index (χ1v) is 9.56. The second-order valence-electron chi connectivity index (χ2n) is 6.59. The smallest absolute Gasteiger partial charge is 0.260 e. The summed E-state index contributed by atoms with van der Waals surface area (Å²) in [6, 6.07) is 14.0. The van der Waals surface area contributed by atoms with E-state index >= 15 is 0 Å². The van der Waals surface area contributed by atoms with E-state index in [0.29, 0.717) is 11.5 Å². The summed E-state index contributed by atoms with van der Waals surface area (Å²) in [5.41, 5.74) is 6.12. The van der Waals surface area contributed by atoms with E-state index in [-0.39, 0.29) is 23.1 Å². The molecular formula is C18H23ClN2O5S. The number of carbonyl (C=O) groups excluding carboxylic acids is 1. The summed E-state index contributed by atoms with van der Waals surface area (Å²) in [5, 5.41) is 8.69. The fourth-order valence-corrected chi connectivity index (χ4v) is 4.30. The summed E-state index contributed by atoms with van der Waals surface area (Å²) < 4.78 is 30.9. The van der Waals surface area contributed by atoms with Gasteiger partial charge in [0.15, 0.2) is 9.84 Å². The van der Waals surface area contributed by atoms with Gasteiger partial charge in [0.05, 0.1) is 16.7 Å². The first kappa shape index (κ1) is 22.9. The lowest BCUT2D eigenvalue weighted by molar-refractivity contribution is -0.132. The summed E-state index contributed by atoms with van der Waals surface area (Å²) in [6.45, 7) is 3.11. The molecule has 0 radical (unpaired) electrons. The lowest BCUT2D eigenvalue weighted by Crippen LogP contribution is -2.51. The van der Waals surface area contributed by atoms with Gasteiger partial charge in [-0.1, -0.05) is 32.0 Å². The van der Waals surface area contributed by atoms with Gasteiger partial charge in [0.2, 0.25) is 0 Å². The normalized spacial score (nSPS) is 12.6. The Labute approximate surface area is 164 Å². The van der Waals surface area contributed by atoms with Crippen molar-refractivity contribution in [3.63, 3.8) is 0 Å². The number of hydrogen-bond acceptors (Lipinski definition) is 6. The van der Waals surface area contributed by atoms with Crippen LogP contribution in [0.25, 0.3) is 0 Å². The van der Waals surface area contributed by atoms with Crippen molar-refractivity contribution >= 4 is 28.2 Å². The quantitative estimate of drug-likeness (QED) is 0.473. The molecule has 0 bridgehead atoms. The van der Waals surface area contributed by atoms with Gasteiger partial charge in [0.25, 0.3) is 5.91 Å². The highest BCUT2D eigenvalue weighted by molar-refractivity contribution is 7.91. The molecule has 2 aromatic rings. The highest BCUT2D eigenvalue weighted by Crippen LogP contribution is 2.28. The number of hydroxylamine groups is 1. The van der Waals surface area contributed by atoms with E-state index in [1.807, 2.05) is 18.2 Å². The Morgan fingerprint density at radius 2 is 1.63 bits per heavy atom. The van der Waals surface area contributed by atoms with Crippen molar-refractivity contribution in [3.8, 4) is 11.5 Å². The first-order valence-electron chi connectivity index (χ1n) is 7.91. The van der Waals surface area contributed by atoms with Gasteiger partial charge in [-0.15, -0.1) is 12.4 Å². The molecule has 2 rings (SSSR count). The number of nitrogens with two attached hydrogens (primary N) is 1. The number of sulfone groups is 1. The Kier molecular flexibility index (Phi) is 7.79. The van der Waals surface area contributed by atoms with Crippen LogP contribution in [0.15, 0.2) is 59.5 Å². The highest BCUT2D eigenvalue weighted by Gasteiger charge is 2.37. The van der Waals surface area contributed by atoms with Gasteiger partial charge in [0, 0.05) is 5.41 Å². The van der Waals surface area contributed by atoms with Crippen LogP contribution < -0.4 is 16.0 Å². The van der Waals surface area contributed by atoms with Gasteiger partial charge >= 0.3 is 0 Å². The van der Waals surface area contributed by atoms with Crippen LogP contribution in [0.3, 0.4) is 0 Å². The monoisotopic (exact) mass is 414 g/mol. The van der Waals surface area contributed by atoms with Crippen LogP contribution in [0.5, 0.6) is 11.5 Å². The maximum Gasteiger partial charge on any atom is 0.260 e. The second-order valence-corrected chi connectivity index (χ2v) is 8.58. The van der Waals surface area contributed by atoms with Gasteiger partial charge in [-0.25, -0.2) is 13.9 Å². The second kappa shape index (κ2) is 9.18. The number of amides is 1. The standard InChI is InChI=1S/C18H22N2O5S.ClH/c1-18(2,16(19)17(21)20-22)12-26(23,24)15-10-8-14(9-11-15)25-13-6-4-3-5-7-13;/h3-11,16,22H,12,19H2,1-2H3,(H,20,21);1H/t16-;/m1./s1. The van der Waals surface area contributed by atoms with E-state index in [9.17, 15) is 13.2 Å². The lowest BCUT2D eigenvalue weighted by Gasteiger charge is -2.29. The van der Waals surface area contributed by atoms with Crippen LogP contribution in [0.1, 0.15) is 13.8 Å². The summed E-state index contributed by atoms with van der Waals surface area (Å²) in [4.78, 5) is 11.6. The number of benzene rings is 2. The lowest BCUT2D eigenvalue weighted by atomic mass is 9.87. The van der Waals surface area contributed by atoms with Crippen LogP contribution in [0.2, 0.25) is 0 Å². The Hall–Kier alpha value is -2.13. The topological polar surface area (TPSA) is 119 Å². The van der Waals surface area contributed by atoms with Gasteiger partial charge in [-0.05, 0) is 36.4 Å². The van der Waals surface area contributed by atoms with Gasteiger partial charge in [-0.3, -0.25) is 10.0 Å². The molecular weight excluding hydrogens is 392 g/mol. The molecule has 0 aliphatic heterocycles. The van der Waals surface area contributed by atoms with Crippen molar-refractivity contribution < 1.29 is 23.2 Å².